The Hall–Kier alpha value is -5.19. The minimum absolute atomic E-state index is 0.0553. The highest BCUT2D eigenvalue weighted by atomic mass is 19.4. The largest absolute Gasteiger partial charge is 0.417 e. The number of amides is 2. The van der Waals surface area contributed by atoms with Crippen molar-refractivity contribution < 1.29 is 22.8 Å². The van der Waals surface area contributed by atoms with Gasteiger partial charge in [-0.2, -0.15) is 13.2 Å². The summed E-state index contributed by atoms with van der Waals surface area (Å²) in [5, 5.41) is 2.44. The van der Waals surface area contributed by atoms with Crippen LogP contribution in [0, 0.1) is 11.8 Å². The first kappa shape index (κ1) is 26.4. The van der Waals surface area contributed by atoms with Gasteiger partial charge in [0, 0.05) is 24.8 Å². The molecular formula is C26H21F3N8O3. The van der Waals surface area contributed by atoms with Crippen LogP contribution in [-0.2, 0) is 11.0 Å². The summed E-state index contributed by atoms with van der Waals surface area (Å²) in [6, 6.07) is 7.44. The molecular weight excluding hydrogens is 529 g/mol. The smallest absolute Gasteiger partial charge is 0.382 e. The predicted octanol–water partition coefficient (Wildman–Crippen LogP) is 2.63. The first-order valence-electron chi connectivity index (χ1n) is 12.0. The maximum atomic E-state index is 13.7. The monoisotopic (exact) mass is 550 g/mol. The number of carbonyl (C=O) groups is 2. The lowest BCUT2D eigenvalue weighted by Crippen LogP contribution is -2.31. The Bertz CT molecular complexity index is 1730. The van der Waals surface area contributed by atoms with Crippen LogP contribution in [0.3, 0.4) is 0 Å². The topological polar surface area (TPSA) is 141 Å². The lowest BCUT2D eigenvalue weighted by Gasteiger charge is -2.14. The number of imidazole rings is 1. The van der Waals surface area contributed by atoms with E-state index >= 15 is 0 Å². The number of rotatable bonds is 4. The van der Waals surface area contributed by atoms with E-state index in [4.69, 9.17) is 5.73 Å². The molecule has 1 fully saturated rings. The molecule has 1 aromatic carbocycles. The lowest BCUT2D eigenvalue weighted by atomic mass is 10.2. The molecule has 1 aliphatic heterocycles. The van der Waals surface area contributed by atoms with Crippen LogP contribution in [0.5, 0.6) is 0 Å². The number of pyridine rings is 1. The number of nitrogens with two attached hydrogens (primary N) is 1. The van der Waals surface area contributed by atoms with Crippen LogP contribution in [-0.4, -0.2) is 53.9 Å². The molecule has 4 aromatic rings. The van der Waals surface area contributed by atoms with Crippen molar-refractivity contribution in [3.8, 4) is 17.5 Å². The number of hydrogen-bond donors (Lipinski definition) is 2. The number of nitrogens with one attached hydrogen (secondary N) is 1. The Balaban J connectivity index is 1.44. The minimum Gasteiger partial charge on any atom is -0.382 e. The van der Waals surface area contributed by atoms with Crippen molar-refractivity contribution in [2.24, 2.45) is 0 Å². The molecule has 3 aromatic heterocycles. The number of alkyl halides is 3. The Labute approximate surface area is 224 Å². The standard InChI is InChI=1S/C26H21F3N8O3/c1-2-3-20(38)35-11-10-18(13-35)37-23-21(22(30)32-14-33-23)36(25(37)40)17-7-4-15(5-8-17)24(39)34-19-9-6-16(12-31-19)26(27,28)29/h4-9,12,14,18H,10-11,13H2,1H3,(H2,30,32,33)(H,31,34,39)/t18-/m1/s1. The van der Waals surface area contributed by atoms with Crippen molar-refractivity contribution in [2.45, 2.75) is 25.6 Å². The summed E-state index contributed by atoms with van der Waals surface area (Å²) >= 11 is 0. The highest BCUT2D eigenvalue weighted by Gasteiger charge is 2.32. The van der Waals surface area contributed by atoms with Crippen molar-refractivity contribution in [1.29, 1.82) is 0 Å². The van der Waals surface area contributed by atoms with Crippen molar-refractivity contribution in [3.05, 3.63) is 70.5 Å². The molecule has 0 saturated carbocycles. The molecule has 0 radical (unpaired) electrons. The van der Waals surface area contributed by atoms with Crippen LogP contribution in [0.1, 0.15) is 35.3 Å². The molecule has 1 atom stereocenters. The average Bonchev–Trinajstić information content (AvgIpc) is 3.51. The van der Waals surface area contributed by atoms with Gasteiger partial charge >= 0.3 is 11.9 Å². The van der Waals surface area contributed by atoms with Gasteiger partial charge in [-0.25, -0.2) is 19.7 Å². The molecule has 0 bridgehead atoms. The zero-order valence-corrected chi connectivity index (χ0v) is 20.9. The summed E-state index contributed by atoms with van der Waals surface area (Å²) in [7, 11) is 0. The van der Waals surface area contributed by atoms with E-state index in [-0.39, 0.29) is 41.2 Å². The van der Waals surface area contributed by atoms with Gasteiger partial charge in [0.1, 0.15) is 17.7 Å². The Morgan fingerprint density at radius 1 is 1.10 bits per heavy atom. The van der Waals surface area contributed by atoms with Gasteiger partial charge in [0.25, 0.3) is 11.8 Å². The van der Waals surface area contributed by atoms with Gasteiger partial charge < -0.3 is 16.0 Å². The fourth-order valence-electron chi connectivity index (χ4n) is 4.54. The number of hydrogen-bond acceptors (Lipinski definition) is 7. The Morgan fingerprint density at radius 3 is 2.50 bits per heavy atom. The van der Waals surface area contributed by atoms with Crippen LogP contribution in [0.4, 0.5) is 24.8 Å². The third kappa shape index (κ3) is 4.84. The average molecular weight is 551 g/mol. The molecule has 11 nitrogen and oxygen atoms in total. The summed E-state index contributed by atoms with van der Waals surface area (Å²) in [6.45, 7) is 2.27. The van der Waals surface area contributed by atoms with Crippen LogP contribution in [0.2, 0.25) is 0 Å². The van der Waals surface area contributed by atoms with Crippen molar-refractivity contribution >= 4 is 34.6 Å². The van der Waals surface area contributed by atoms with Gasteiger partial charge in [0.2, 0.25) is 0 Å². The van der Waals surface area contributed by atoms with E-state index in [2.05, 4.69) is 32.1 Å². The van der Waals surface area contributed by atoms with Gasteiger partial charge in [-0.05, 0) is 55.7 Å². The first-order valence-corrected chi connectivity index (χ1v) is 12.0. The summed E-state index contributed by atoms with van der Waals surface area (Å²) in [5.74, 6) is 4.17. The third-order valence-electron chi connectivity index (χ3n) is 6.45. The molecule has 2 amide bonds. The number of nitrogens with zero attached hydrogens (tertiary/aromatic N) is 6. The van der Waals surface area contributed by atoms with Gasteiger partial charge in [-0.15, -0.1) is 0 Å². The van der Waals surface area contributed by atoms with E-state index in [9.17, 15) is 27.6 Å². The SMILES string of the molecule is CC#CC(=O)N1CC[C@@H](n2c(=O)n(-c3ccc(C(=O)Nc4ccc(C(F)(F)F)cn4)cc3)c3c(N)ncnc32)C1. The Kier molecular flexibility index (Phi) is 6.72. The highest BCUT2D eigenvalue weighted by molar-refractivity contribution is 6.03. The van der Waals surface area contributed by atoms with Gasteiger partial charge in [0.05, 0.1) is 17.3 Å². The molecule has 5 rings (SSSR count). The molecule has 204 valence electrons. The quantitative estimate of drug-likeness (QED) is 0.372. The number of likely N-dealkylation sites (tertiary alicyclic amines) is 1. The molecule has 40 heavy (non-hydrogen) atoms. The third-order valence-corrected chi connectivity index (χ3v) is 6.45. The normalized spacial score (nSPS) is 15.1. The van der Waals surface area contributed by atoms with Crippen molar-refractivity contribution in [3.63, 3.8) is 0 Å². The number of carbonyl (C=O) groups excluding carboxylic acids is 2. The van der Waals surface area contributed by atoms with Crippen LogP contribution >= 0.6 is 0 Å². The number of fused-ring (bicyclic) bond motifs is 1. The minimum atomic E-state index is -4.54. The molecule has 14 heteroatoms. The first-order chi connectivity index (χ1) is 19.1. The van der Waals surface area contributed by atoms with E-state index < -0.39 is 23.3 Å². The van der Waals surface area contributed by atoms with E-state index in [0.29, 0.717) is 30.5 Å². The maximum absolute atomic E-state index is 13.7. The van der Waals surface area contributed by atoms with Gasteiger partial charge in [-0.1, -0.05) is 5.92 Å². The van der Waals surface area contributed by atoms with E-state index in [1.165, 1.54) is 39.7 Å². The van der Waals surface area contributed by atoms with Crippen LogP contribution < -0.4 is 16.7 Å². The zero-order valence-electron chi connectivity index (χ0n) is 20.9. The maximum Gasteiger partial charge on any atom is 0.417 e. The number of benzene rings is 1. The van der Waals surface area contributed by atoms with Crippen molar-refractivity contribution in [2.75, 3.05) is 24.1 Å². The second kappa shape index (κ2) is 10.2. The van der Waals surface area contributed by atoms with Crippen LogP contribution in [0.15, 0.2) is 53.7 Å². The van der Waals surface area contributed by atoms with E-state index in [1.54, 1.807) is 11.8 Å². The summed E-state index contributed by atoms with van der Waals surface area (Å²) in [6.07, 6.45) is -2.15. The molecule has 0 aliphatic carbocycles. The zero-order chi connectivity index (χ0) is 28.6. The number of anilines is 2. The molecule has 4 heterocycles. The van der Waals surface area contributed by atoms with E-state index in [0.717, 1.165) is 12.1 Å². The summed E-state index contributed by atoms with van der Waals surface area (Å²) in [5.41, 5.74) is 5.88. The summed E-state index contributed by atoms with van der Waals surface area (Å²) in [4.78, 5) is 52.1. The second-order valence-electron chi connectivity index (χ2n) is 8.92. The molecule has 0 unspecified atom stereocenters. The lowest BCUT2D eigenvalue weighted by molar-refractivity contribution is -0.137. The van der Waals surface area contributed by atoms with Gasteiger partial charge in [-0.3, -0.25) is 18.7 Å². The Morgan fingerprint density at radius 2 is 1.85 bits per heavy atom. The second-order valence-corrected chi connectivity index (χ2v) is 8.92. The van der Waals surface area contributed by atoms with Crippen molar-refractivity contribution in [1.82, 2.24) is 29.0 Å². The summed E-state index contributed by atoms with van der Waals surface area (Å²) < 4.78 is 41.1. The van der Waals surface area contributed by atoms with Crippen LogP contribution in [0.25, 0.3) is 16.9 Å². The molecule has 3 N–H and O–H groups in total. The van der Waals surface area contributed by atoms with Gasteiger partial charge in [0.15, 0.2) is 11.5 Å². The highest BCUT2D eigenvalue weighted by Crippen LogP contribution is 2.29. The number of nitrogen functional groups attached to an aromatic ring is 1. The predicted molar refractivity (Wildman–Crippen MR) is 138 cm³/mol. The molecule has 0 spiro atoms. The number of aromatic nitrogens is 5. The molecule has 1 saturated heterocycles. The number of halogens is 3. The fourth-order valence-corrected chi connectivity index (χ4v) is 4.54. The molecule has 1 aliphatic rings. The van der Waals surface area contributed by atoms with E-state index in [1.807, 2.05) is 0 Å². The fraction of sp³-hybridized carbons (Fsp3) is 0.231.